The molecule has 0 heterocycles. The van der Waals surface area contributed by atoms with Gasteiger partial charge in [0.2, 0.25) is 5.91 Å². The molecule has 3 aromatic carbocycles. The first kappa shape index (κ1) is 29.8. The van der Waals surface area contributed by atoms with E-state index in [-0.39, 0.29) is 30.9 Å². The number of nitrogens with one attached hydrogen (secondary N) is 2. The van der Waals surface area contributed by atoms with Crippen LogP contribution in [0, 0.1) is 5.41 Å². The number of carbonyl (C=O) groups is 3. The summed E-state index contributed by atoms with van der Waals surface area (Å²) in [6.45, 7) is 6.55. The zero-order chi connectivity index (χ0) is 29.6. The van der Waals surface area contributed by atoms with Gasteiger partial charge in [-0.05, 0) is 46.7 Å². The van der Waals surface area contributed by atoms with Crippen molar-refractivity contribution in [3.63, 3.8) is 0 Å². The Hall–Kier alpha value is -4.17. The van der Waals surface area contributed by atoms with E-state index in [9.17, 15) is 19.5 Å². The molecule has 1 aliphatic carbocycles. The molecule has 3 N–H and O–H groups in total. The van der Waals surface area contributed by atoms with Crippen LogP contribution in [0.1, 0.15) is 49.8 Å². The van der Waals surface area contributed by atoms with Gasteiger partial charge in [-0.2, -0.15) is 0 Å². The molecule has 4 rings (SSSR count). The highest BCUT2D eigenvalue weighted by Gasteiger charge is 2.32. The molecule has 0 saturated carbocycles. The Morgan fingerprint density at radius 3 is 1.98 bits per heavy atom. The fourth-order valence-electron chi connectivity index (χ4n) is 5.33. The summed E-state index contributed by atoms with van der Waals surface area (Å²) in [5, 5.41) is 15.1. The summed E-state index contributed by atoms with van der Waals surface area (Å²) < 4.78 is 5.69. The molecule has 0 radical (unpaired) electrons. The van der Waals surface area contributed by atoms with Gasteiger partial charge in [-0.15, -0.1) is 0 Å². The third-order valence-corrected chi connectivity index (χ3v) is 7.17. The van der Waals surface area contributed by atoms with Crippen LogP contribution in [0.4, 0.5) is 4.79 Å². The first-order chi connectivity index (χ1) is 19.5. The van der Waals surface area contributed by atoms with E-state index in [1.807, 2.05) is 99.4 Å². The first-order valence-electron chi connectivity index (χ1n) is 13.9. The molecule has 2 atom stereocenters. The van der Waals surface area contributed by atoms with Crippen LogP contribution < -0.4 is 10.6 Å². The minimum atomic E-state index is -1.12. The van der Waals surface area contributed by atoms with Crippen molar-refractivity contribution in [2.24, 2.45) is 5.41 Å². The fraction of sp³-hybridized carbons (Fsp3) is 0.364. The third kappa shape index (κ3) is 7.95. The second-order valence-electron chi connectivity index (χ2n) is 11.9. The number of carboxylic acids is 1. The SMILES string of the molecule is CN(Cc1ccccc1)CC(NC(=O)OCC1c2ccccc2-c2ccccc21)C(=O)NC(CC(C)(C)C)C(=O)O. The summed E-state index contributed by atoms with van der Waals surface area (Å²) in [7, 11) is 1.84. The van der Waals surface area contributed by atoms with Crippen LogP contribution in [-0.4, -0.2) is 60.3 Å². The Morgan fingerprint density at radius 2 is 1.41 bits per heavy atom. The lowest BCUT2D eigenvalue weighted by molar-refractivity contribution is -0.143. The van der Waals surface area contributed by atoms with Crippen LogP contribution >= 0.6 is 0 Å². The summed E-state index contributed by atoms with van der Waals surface area (Å²) in [6.07, 6.45) is -0.492. The van der Waals surface area contributed by atoms with Gasteiger partial charge >= 0.3 is 12.1 Å². The average Bonchev–Trinajstić information content (AvgIpc) is 3.24. The van der Waals surface area contributed by atoms with Gasteiger partial charge in [0.15, 0.2) is 0 Å². The maximum Gasteiger partial charge on any atom is 0.407 e. The summed E-state index contributed by atoms with van der Waals surface area (Å²) in [4.78, 5) is 40.3. The van der Waals surface area contributed by atoms with Crippen molar-refractivity contribution in [2.45, 2.75) is 51.7 Å². The Bertz CT molecular complexity index is 1320. The summed E-state index contributed by atoms with van der Waals surface area (Å²) >= 11 is 0. The number of alkyl carbamates (subject to hydrolysis) is 1. The molecule has 0 aromatic heterocycles. The summed E-state index contributed by atoms with van der Waals surface area (Å²) in [5.41, 5.74) is 5.14. The Morgan fingerprint density at radius 1 is 0.854 bits per heavy atom. The number of nitrogens with zero attached hydrogens (tertiary/aromatic N) is 1. The minimum Gasteiger partial charge on any atom is -0.480 e. The van der Waals surface area contributed by atoms with Crippen molar-refractivity contribution in [3.05, 3.63) is 95.6 Å². The monoisotopic (exact) mass is 557 g/mol. The van der Waals surface area contributed by atoms with Gasteiger partial charge in [0, 0.05) is 19.0 Å². The van der Waals surface area contributed by atoms with Crippen LogP contribution in [0.2, 0.25) is 0 Å². The molecule has 41 heavy (non-hydrogen) atoms. The highest BCUT2D eigenvalue weighted by Crippen LogP contribution is 2.44. The maximum absolute atomic E-state index is 13.4. The van der Waals surface area contributed by atoms with E-state index in [1.54, 1.807) is 0 Å². The molecule has 0 saturated heterocycles. The number of carboxylic acid groups (broad SMARTS) is 1. The quantitative estimate of drug-likeness (QED) is 0.305. The van der Waals surface area contributed by atoms with Crippen molar-refractivity contribution < 1.29 is 24.2 Å². The standard InChI is InChI=1S/C33H39N3O5/c1-33(2,3)18-28(31(38)39)34-30(37)29(20-36(4)19-22-12-6-5-7-13-22)35-32(40)41-21-27-25-16-10-8-14-23(25)24-15-9-11-17-26(24)27/h5-17,27-29H,18-21H2,1-4H3,(H,34,37)(H,35,40)(H,38,39). The van der Waals surface area contributed by atoms with Gasteiger partial charge in [-0.1, -0.05) is 99.6 Å². The number of hydrogen-bond donors (Lipinski definition) is 3. The maximum atomic E-state index is 13.4. The molecule has 8 heteroatoms. The molecular weight excluding hydrogens is 518 g/mol. The smallest absolute Gasteiger partial charge is 0.407 e. The molecule has 216 valence electrons. The molecule has 8 nitrogen and oxygen atoms in total. The van der Waals surface area contributed by atoms with E-state index in [1.165, 1.54) is 0 Å². The number of fused-ring (bicyclic) bond motifs is 3. The van der Waals surface area contributed by atoms with Crippen molar-refractivity contribution >= 4 is 18.0 Å². The van der Waals surface area contributed by atoms with Crippen LogP contribution in [-0.2, 0) is 20.9 Å². The first-order valence-corrected chi connectivity index (χ1v) is 13.9. The Kier molecular flexibility index (Phi) is 9.45. The van der Waals surface area contributed by atoms with Crippen LogP contribution in [0.5, 0.6) is 0 Å². The largest absolute Gasteiger partial charge is 0.480 e. The lowest BCUT2D eigenvalue weighted by atomic mass is 9.88. The molecule has 0 aliphatic heterocycles. The number of rotatable bonds is 11. The Labute approximate surface area is 241 Å². The predicted octanol–water partition coefficient (Wildman–Crippen LogP) is 5.03. The molecule has 0 spiro atoms. The van der Waals surface area contributed by atoms with E-state index < -0.39 is 30.1 Å². The molecule has 0 fully saturated rings. The number of likely N-dealkylation sites (N-methyl/N-ethyl adjacent to an activating group) is 1. The zero-order valence-corrected chi connectivity index (χ0v) is 24.1. The van der Waals surface area contributed by atoms with E-state index in [0.29, 0.717) is 6.54 Å². The second kappa shape index (κ2) is 13.0. The highest BCUT2D eigenvalue weighted by atomic mass is 16.5. The topological polar surface area (TPSA) is 108 Å². The lowest BCUT2D eigenvalue weighted by Crippen LogP contribution is -2.55. The lowest BCUT2D eigenvalue weighted by Gasteiger charge is -2.28. The van der Waals surface area contributed by atoms with Crippen molar-refractivity contribution in [1.82, 2.24) is 15.5 Å². The van der Waals surface area contributed by atoms with Gasteiger partial charge in [0.25, 0.3) is 0 Å². The molecule has 0 bridgehead atoms. The zero-order valence-electron chi connectivity index (χ0n) is 24.1. The number of amides is 2. The van der Waals surface area contributed by atoms with Crippen molar-refractivity contribution in [1.29, 1.82) is 0 Å². The van der Waals surface area contributed by atoms with Crippen LogP contribution in [0.3, 0.4) is 0 Å². The van der Waals surface area contributed by atoms with E-state index in [0.717, 1.165) is 27.8 Å². The molecule has 1 aliphatic rings. The summed E-state index contributed by atoms with van der Waals surface area (Å²) in [5.74, 6) is -1.81. The van der Waals surface area contributed by atoms with Gasteiger partial charge in [-0.3, -0.25) is 9.69 Å². The normalized spacial score (nSPS) is 14.1. The summed E-state index contributed by atoms with van der Waals surface area (Å²) in [6, 6.07) is 23.8. The van der Waals surface area contributed by atoms with Gasteiger partial charge < -0.3 is 20.5 Å². The number of carbonyl (C=O) groups excluding carboxylic acids is 2. The fourth-order valence-corrected chi connectivity index (χ4v) is 5.33. The van der Waals surface area contributed by atoms with Gasteiger partial charge in [0.1, 0.15) is 18.7 Å². The average molecular weight is 558 g/mol. The van der Waals surface area contributed by atoms with E-state index in [2.05, 4.69) is 22.8 Å². The minimum absolute atomic E-state index is 0.107. The van der Waals surface area contributed by atoms with E-state index >= 15 is 0 Å². The third-order valence-electron chi connectivity index (χ3n) is 7.17. The number of ether oxygens (including phenoxy) is 1. The Balaban J connectivity index is 1.46. The van der Waals surface area contributed by atoms with Crippen molar-refractivity contribution in [2.75, 3.05) is 20.2 Å². The van der Waals surface area contributed by atoms with E-state index in [4.69, 9.17) is 4.74 Å². The van der Waals surface area contributed by atoms with Crippen LogP contribution in [0.15, 0.2) is 78.9 Å². The predicted molar refractivity (Wildman–Crippen MR) is 158 cm³/mol. The second-order valence-corrected chi connectivity index (χ2v) is 11.9. The number of aliphatic carboxylic acids is 1. The highest BCUT2D eigenvalue weighted by molar-refractivity contribution is 5.89. The van der Waals surface area contributed by atoms with Crippen LogP contribution in [0.25, 0.3) is 11.1 Å². The number of hydrogen-bond acceptors (Lipinski definition) is 5. The van der Waals surface area contributed by atoms with Gasteiger partial charge in [0.05, 0.1) is 0 Å². The molecule has 3 aromatic rings. The molecule has 2 amide bonds. The molecular formula is C33H39N3O5. The molecule has 2 unspecified atom stereocenters. The van der Waals surface area contributed by atoms with Gasteiger partial charge in [-0.25, -0.2) is 9.59 Å². The number of benzene rings is 3. The van der Waals surface area contributed by atoms with Crippen molar-refractivity contribution in [3.8, 4) is 11.1 Å².